The number of halogens is 1. The van der Waals surface area contributed by atoms with E-state index in [-0.39, 0.29) is 11.7 Å². The molecule has 3 rings (SSSR count). The number of rotatable bonds is 6. The van der Waals surface area contributed by atoms with E-state index in [9.17, 15) is 9.18 Å². The molecule has 1 amide bonds. The highest BCUT2D eigenvalue weighted by Gasteiger charge is 2.17. The van der Waals surface area contributed by atoms with E-state index < -0.39 is 0 Å². The molecule has 1 aliphatic rings. The fourth-order valence-corrected chi connectivity index (χ4v) is 3.05. The van der Waals surface area contributed by atoms with E-state index >= 15 is 0 Å². The second-order valence-corrected chi connectivity index (χ2v) is 6.92. The minimum atomic E-state index is -0.208. The third-order valence-electron chi connectivity index (χ3n) is 4.73. The van der Waals surface area contributed by atoms with Gasteiger partial charge >= 0.3 is 0 Å². The first-order valence-electron chi connectivity index (χ1n) is 9.09. The quantitative estimate of drug-likeness (QED) is 0.830. The molecule has 7 heteroatoms. The van der Waals surface area contributed by atoms with Crippen LogP contribution in [0.2, 0.25) is 0 Å². The molecule has 1 aromatic carbocycles. The summed E-state index contributed by atoms with van der Waals surface area (Å²) in [7, 11) is 0. The topological polar surface area (TPSA) is 64.3 Å². The average Bonchev–Trinajstić information content (AvgIpc) is 3.14. The zero-order valence-corrected chi connectivity index (χ0v) is 15.3. The molecule has 0 saturated carbocycles. The van der Waals surface area contributed by atoms with Crippen molar-refractivity contribution in [3.63, 3.8) is 0 Å². The van der Waals surface area contributed by atoms with E-state index in [0.717, 1.165) is 44.1 Å². The van der Waals surface area contributed by atoms with Crippen molar-refractivity contribution in [1.82, 2.24) is 20.4 Å². The molecule has 1 aromatic heterocycles. The van der Waals surface area contributed by atoms with E-state index in [0.29, 0.717) is 18.2 Å². The Bertz CT molecular complexity index is 720. The van der Waals surface area contributed by atoms with Crippen LogP contribution in [0.4, 0.5) is 10.1 Å². The molecule has 0 aliphatic carbocycles. The third-order valence-corrected chi connectivity index (χ3v) is 4.73. The Hall–Kier alpha value is -2.41. The lowest BCUT2D eigenvalue weighted by Crippen LogP contribution is -2.48. The summed E-state index contributed by atoms with van der Waals surface area (Å²) >= 11 is 0. The summed E-state index contributed by atoms with van der Waals surface area (Å²) in [6.07, 6.45) is 0. The van der Waals surface area contributed by atoms with Crippen LogP contribution in [-0.4, -0.2) is 60.3 Å². The number of aromatic nitrogens is 2. The predicted molar refractivity (Wildman–Crippen MR) is 100 cm³/mol. The number of hydrogen-bond donors (Lipinski definition) is 2. The van der Waals surface area contributed by atoms with Gasteiger partial charge < -0.3 is 10.2 Å². The van der Waals surface area contributed by atoms with Gasteiger partial charge in [0.15, 0.2) is 0 Å². The predicted octanol–water partition coefficient (Wildman–Crippen LogP) is 2.22. The van der Waals surface area contributed by atoms with Gasteiger partial charge in [-0.3, -0.25) is 14.8 Å². The van der Waals surface area contributed by atoms with Crippen LogP contribution in [-0.2, 0) is 0 Å². The second-order valence-electron chi connectivity index (χ2n) is 6.92. The molecule has 6 nitrogen and oxygen atoms in total. The molecule has 0 radical (unpaired) electrons. The number of piperazine rings is 1. The van der Waals surface area contributed by atoms with Crippen LogP contribution in [0.5, 0.6) is 0 Å². The van der Waals surface area contributed by atoms with Gasteiger partial charge in [-0.25, -0.2) is 4.39 Å². The Morgan fingerprint density at radius 1 is 1.23 bits per heavy atom. The van der Waals surface area contributed by atoms with Gasteiger partial charge in [-0.15, -0.1) is 0 Å². The van der Waals surface area contributed by atoms with Crippen molar-refractivity contribution in [2.45, 2.75) is 19.8 Å². The van der Waals surface area contributed by atoms with Crippen LogP contribution in [0.1, 0.15) is 35.9 Å². The molecule has 0 bridgehead atoms. The lowest BCUT2D eigenvalue weighted by molar-refractivity contribution is 0.0942. The molecule has 2 N–H and O–H groups in total. The van der Waals surface area contributed by atoms with Gasteiger partial charge in [-0.1, -0.05) is 13.8 Å². The molecule has 2 heterocycles. The van der Waals surface area contributed by atoms with Gasteiger partial charge in [-0.05, 0) is 36.2 Å². The molecule has 26 heavy (non-hydrogen) atoms. The first-order valence-corrected chi connectivity index (χ1v) is 9.09. The second kappa shape index (κ2) is 8.31. The Labute approximate surface area is 153 Å². The highest BCUT2D eigenvalue weighted by Crippen LogP contribution is 2.16. The molecule has 1 saturated heterocycles. The third kappa shape index (κ3) is 4.60. The van der Waals surface area contributed by atoms with Gasteiger partial charge in [0, 0.05) is 50.6 Å². The zero-order valence-electron chi connectivity index (χ0n) is 15.3. The Morgan fingerprint density at radius 2 is 1.92 bits per heavy atom. The smallest absolute Gasteiger partial charge is 0.271 e. The number of H-pyrrole nitrogens is 1. The molecule has 2 aromatic rings. The molecule has 0 spiro atoms. The number of nitrogens with one attached hydrogen (secondary N) is 2. The first-order chi connectivity index (χ1) is 12.5. The average molecular weight is 359 g/mol. The SMILES string of the molecule is CC(C)c1cc(C(=O)NCCN2CCN(c3ccc(F)cc3)CC2)n[nH]1. The summed E-state index contributed by atoms with van der Waals surface area (Å²) in [5, 5.41) is 9.90. The maximum absolute atomic E-state index is 13.0. The van der Waals surface area contributed by atoms with Crippen molar-refractivity contribution < 1.29 is 9.18 Å². The zero-order chi connectivity index (χ0) is 18.5. The number of anilines is 1. The van der Waals surface area contributed by atoms with Crippen LogP contribution in [0.15, 0.2) is 30.3 Å². The van der Waals surface area contributed by atoms with Crippen molar-refractivity contribution in [2.75, 3.05) is 44.2 Å². The van der Waals surface area contributed by atoms with Crippen molar-refractivity contribution in [1.29, 1.82) is 0 Å². The van der Waals surface area contributed by atoms with Crippen LogP contribution in [0, 0.1) is 5.82 Å². The summed E-state index contributed by atoms with van der Waals surface area (Å²) in [6, 6.07) is 8.44. The van der Waals surface area contributed by atoms with Gasteiger partial charge in [0.1, 0.15) is 11.5 Å². The summed E-state index contributed by atoms with van der Waals surface area (Å²) in [4.78, 5) is 16.7. The maximum atomic E-state index is 13.0. The summed E-state index contributed by atoms with van der Waals surface area (Å²) < 4.78 is 13.0. The summed E-state index contributed by atoms with van der Waals surface area (Å²) in [5.74, 6) is -0.0277. The Kier molecular flexibility index (Phi) is 5.88. The highest BCUT2D eigenvalue weighted by atomic mass is 19.1. The van der Waals surface area contributed by atoms with Gasteiger partial charge in [0.2, 0.25) is 0 Å². The van der Waals surface area contributed by atoms with E-state index in [4.69, 9.17) is 0 Å². The molecular formula is C19H26FN5O. The molecule has 140 valence electrons. The fourth-order valence-electron chi connectivity index (χ4n) is 3.05. The maximum Gasteiger partial charge on any atom is 0.271 e. The van der Waals surface area contributed by atoms with Crippen molar-refractivity contribution in [3.05, 3.63) is 47.5 Å². The normalized spacial score (nSPS) is 15.5. The molecule has 0 atom stereocenters. The number of hydrogen-bond acceptors (Lipinski definition) is 4. The minimum Gasteiger partial charge on any atom is -0.369 e. The lowest BCUT2D eigenvalue weighted by atomic mass is 10.1. The Balaban J connectivity index is 1.39. The lowest BCUT2D eigenvalue weighted by Gasteiger charge is -2.36. The number of carbonyl (C=O) groups excluding carboxylic acids is 1. The van der Waals surface area contributed by atoms with Gasteiger partial charge in [-0.2, -0.15) is 5.10 Å². The number of nitrogens with zero attached hydrogens (tertiary/aromatic N) is 3. The summed E-state index contributed by atoms with van der Waals surface area (Å²) in [5.41, 5.74) is 2.46. The highest BCUT2D eigenvalue weighted by molar-refractivity contribution is 5.92. The largest absolute Gasteiger partial charge is 0.369 e. The van der Waals surface area contributed by atoms with Crippen LogP contribution in [0.3, 0.4) is 0 Å². The van der Waals surface area contributed by atoms with Gasteiger partial charge in [0.25, 0.3) is 5.91 Å². The number of amides is 1. The van der Waals surface area contributed by atoms with E-state index in [2.05, 4.69) is 39.2 Å². The fraction of sp³-hybridized carbons (Fsp3) is 0.474. The molecule has 1 aliphatic heterocycles. The van der Waals surface area contributed by atoms with E-state index in [1.807, 2.05) is 18.2 Å². The van der Waals surface area contributed by atoms with Crippen molar-refractivity contribution in [3.8, 4) is 0 Å². The molecule has 1 fully saturated rings. The van der Waals surface area contributed by atoms with Crippen LogP contribution < -0.4 is 10.2 Å². The van der Waals surface area contributed by atoms with Crippen molar-refractivity contribution >= 4 is 11.6 Å². The van der Waals surface area contributed by atoms with E-state index in [1.54, 1.807) is 0 Å². The van der Waals surface area contributed by atoms with Gasteiger partial charge in [0.05, 0.1) is 0 Å². The van der Waals surface area contributed by atoms with E-state index in [1.165, 1.54) is 12.1 Å². The van der Waals surface area contributed by atoms with Crippen LogP contribution in [0.25, 0.3) is 0 Å². The number of aromatic amines is 1. The van der Waals surface area contributed by atoms with Crippen molar-refractivity contribution in [2.24, 2.45) is 0 Å². The van der Waals surface area contributed by atoms with Crippen LogP contribution >= 0.6 is 0 Å². The first kappa shape index (κ1) is 18.4. The molecule has 0 unspecified atom stereocenters. The number of benzene rings is 1. The standard InChI is InChI=1S/C19H26FN5O/c1-14(2)17-13-18(23-22-17)19(26)21-7-8-24-9-11-25(12-10-24)16-5-3-15(20)4-6-16/h3-6,13-14H,7-12H2,1-2H3,(H,21,26)(H,22,23). The minimum absolute atomic E-state index is 0.141. The Morgan fingerprint density at radius 3 is 2.54 bits per heavy atom. The molecular weight excluding hydrogens is 333 g/mol. The number of carbonyl (C=O) groups is 1. The summed E-state index contributed by atoms with van der Waals surface area (Å²) in [6.45, 7) is 9.17. The monoisotopic (exact) mass is 359 g/mol.